The monoisotopic (exact) mass is 361 g/mol. The van der Waals surface area contributed by atoms with E-state index in [0.29, 0.717) is 27.7 Å². The molecular weight excluding hydrogens is 351 g/mol. The third-order valence-electron chi connectivity index (χ3n) is 2.56. The van der Waals surface area contributed by atoms with Crippen molar-refractivity contribution in [3.63, 3.8) is 0 Å². The van der Waals surface area contributed by atoms with Crippen molar-refractivity contribution in [2.45, 2.75) is 17.2 Å². The molecule has 0 atom stereocenters. The van der Waals surface area contributed by atoms with Gasteiger partial charge in [0.15, 0.2) is 0 Å². The first-order valence-electron chi connectivity index (χ1n) is 5.77. The van der Waals surface area contributed by atoms with E-state index in [-0.39, 0.29) is 5.82 Å². The predicted molar refractivity (Wildman–Crippen MR) is 79.7 cm³/mol. The van der Waals surface area contributed by atoms with Crippen LogP contribution in [0.4, 0.5) is 18.9 Å². The van der Waals surface area contributed by atoms with Crippen molar-refractivity contribution in [1.82, 2.24) is 0 Å². The zero-order valence-electron chi connectivity index (χ0n) is 10.2. The molecule has 1 nitrogen and oxygen atoms in total. The summed E-state index contributed by atoms with van der Waals surface area (Å²) in [5.74, 6) is -2.72. The van der Waals surface area contributed by atoms with E-state index in [2.05, 4.69) is 21.2 Å². The molecule has 0 aliphatic heterocycles. The fraction of sp³-hybridized carbons (Fsp3) is 0.143. The molecule has 0 aromatic heterocycles. The molecule has 0 aliphatic rings. The van der Waals surface area contributed by atoms with E-state index < -0.39 is 5.76 Å². The maximum Gasteiger partial charge on any atom is 0.288 e. The Morgan fingerprint density at radius 2 is 1.80 bits per heavy atom. The van der Waals surface area contributed by atoms with Crippen molar-refractivity contribution in [1.29, 1.82) is 0 Å². The number of hydrogen-bond donors (Lipinski definition) is 1. The highest BCUT2D eigenvalue weighted by molar-refractivity contribution is 9.10. The fourth-order valence-electron chi connectivity index (χ4n) is 1.61. The summed E-state index contributed by atoms with van der Waals surface area (Å²) in [6.45, 7) is 0.528. The van der Waals surface area contributed by atoms with Crippen molar-refractivity contribution in [2.75, 3.05) is 5.32 Å². The van der Waals surface area contributed by atoms with Crippen LogP contribution < -0.4 is 5.32 Å². The Morgan fingerprint density at radius 3 is 2.40 bits per heavy atom. The summed E-state index contributed by atoms with van der Waals surface area (Å²) in [5, 5.41) is 3.15. The second kappa shape index (κ2) is 7.04. The fourth-order valence-corrected chi connectivity index (χ4v) is 2.53. The van der Waals surface area contributed by atoms with Gasteiger partial charge in [0.05, 0.1) is 4.47 Å². The molecule has 0 amide bonds. The predicted octanol–water partition coefficient (Wildman–Crippen LogP) is 5.52. The average molecular weight is 362 g/mol. The molecule has 0 fully saturated rings. The molecule has 0 unspecified atom stereocenters. The number of thioether (sulfide) groups is 1. The number of anilines is 1. The highest BCUT2D eigenvalue weighted by atomic mass is 79.9. The Labute approximate surface area is 127 Å². The molecule has 0 aliphatic carbocycles. The Kier molecular flexibility index (Phi) is 5.37. The second-order valence-corrected chi connectivity index (χ2v) is 5.92. The number of halogens is 4. The third kappa shape index (κ3) is 4.45. The van der Waals surface area contributed by atoms with Crippen LogP contribution in [0.1, 0.15) is 5.56 Å². The van der Waals surface area contributed by atoms with E-state index in [4.69, 9.17) is 0 Å². The summed E-state index contributed by atoms with van der Waals surface area (Å²) in [7, 11) is 0. The van der Waals surface area contributed by atoms with E-state index in [1.165, 1.54) is 6.07 Å². The summed E-state index contributed by atoms with van der Waals surface area (Å²) in [5.41, 5.74) is 1.74. The van der Waals surface area contributed by atoms with Gasteiger partial charge in [-0.25, -0.2) is 4.39 Å². The van der Waals surface area contributed by atoms with Gasteiger partial charge in [-0.15, -0.1) is 0 Å². The summed E-state index contributed by atoms with van der Waals surface area (Å²) in [6.07, 6.45) is 0. The number of hydrogen-bond acceptors (Lipinski definition) is 2. The lowest BCUT2D eigenvalue weighted by atomic mass is 10.2. The zero-order valence-corrected chi connectivity index (χ0v) is 12.6. The summed E-state index contributed by atoms with van der Waals surface area (Å²) in [4.78, 5) is 0.523. The number of alkyl halides is 2. The van der Waals surface area contributed by atoms with E-state index in [9.17, 15) is 13.2 Å². The summed E-state index contributed by atoms with van der Waals surface area (Å²) >= 11 is 3.64. The van der Waals surface area contributed by atoms with E-state index in [1.54, 1.807) is 36.4 Å². The SMILES string of the molecule is Fc1ccc(CNc2ccc(SC(F)F)cc2)cc1Br. The lowest BCUT2D eigenvalue weighted by molar-refractivity contribution is 0.252. The van der Waals surface area contributed by atoms with Crippen LogP contribution in [0.3, 0.4) is 0 Å². The molecule has 1 N–H and O–H groups in total. The van der Waals surface area contributed by atoms with Gasteiger partial charge in [0.2, 0.25) is 0 Å². The Bertz CT molecular complexity index is 575. The van der Waals surface area contributed by atoms with Gasteiger partial charge in [0.1, 0.15) is 5.82 Å². The van der Waals surface area contributed by atoms with Gasteiger partial charge in [-0.05, 0) is 57.9 Å². The molecular formula is C14H11BrF3NS. The molecule has 0 spiro atoms. The zero-order chi connectivity index (χ0) is 14.5. The van der Waals surface area contributed by atoms with Crippen LogP contribution in [0.2, 0.25) is 0 Å². The lowest BCUT2D eigenvalue weighted by Gasteiger charge is -2.08. The molecule has 0 heterocycles. The van der Waals surface area contributed by atoms with Gasteiger partial charge < -0.3 is 5.32 Å². The highest BCUT2D eigenvalue weighted by Gasteiger charge is 2.05. The molecule has 106 valence electrons. The van der Waals surface area contributed by atoms with Crippen LogP contribution in [0.25, 0.3) is 0 Å². The first-order chi connectivity index (χ1) is 9.54. The second-order valence-electron chi connectivity index (χ2n) is 4.00. The number of nitrogens with one attached hydrogen (secondary N) is 1. The Balaban J connectivity index is 1.95. The van der Waals surface area contributed by atoms with Crippen molar-refractivity contribution in [3.8, 4) is 0 Å². The van der Waals surface area contributed by atoms with E-state index in [0.717, 1.165) is 11.3 Å². The highest BCUT2D eigenvalue weighted by Crippen LogP contribution is 2.26. The van der Waals surface area contributed by atoms with Crippen molar-refractivity contribution in [2.24, 2.45) is 0 Å². The number of benzene rings is 2. The molecule has 2 aromatic carbocycles. The van der Waals surface area contributed by atoms with Crippen LogP contribution in [-0.4, -0.2) is 5.76 Å². The van der Waals surface area contributed by atoms with Gasteiger partial charge in [-0.3, -0.25) is 0 Å². The van der Waals surface area contributed by atoms with Gasteiger partial charge in [0.25, 0.3) is 5.76 Å². The third-order valence-corrected chi connectivity index (χ3v) is 3.89. The van der Waals surface area contributed by atoms with Crippen molar-refractivity contribution >= 4 is 33.4 Å². The Morgan fingerprint density at radius 1 is 1.10 bits per heavy atom. The van der Waals surface area contributed by atoms with Gasteiger partial charge >= 0.3 is 0 Å². The first kappa shape index (κ1) is 15.3. The Hall–Kier alpha value is -1.14. The molecule has 2 rings (SSSR count). The number of rotatable bonds is 5. The van der Waals surface area contributed by atoms with Crippen LogP contribution in [0, 0.1) is 5.82 Å². The normalized spacial score (nSPS) is 10.8. The maximum atomic E-state index is 13.1. The minimum Gasteiger partial charge on any atom is -0.381 e. The molecule has 20 heavy (non-hydrogen) atoms. The minimum absolute atomic E-state index is 0.304. The van der Waals surface area contributed by atoms with Crippen LogP contribution in [0.5, 0.6) is 0 Å². The lowest BCUT2D eigenvalue weighted by Crippen LogP contribution is -1.99. The largest absolute Gasteiger partial charge is 0.381 e. The van der Waals surface area contributed by atoms with Crippen molar-refractivity contribution in [3.05, 3.63) is 58.3 Å². The van der Waals surface area contributed by atoms with Gasteiger partial charge in [-0.2, -0.15) is 8.78 Å². The molecule has 0 saturated carbocycles. The molecule has 0 bridgehead atoms. The molecule has 0 saturated heterocycles. The smallest absolute Gasteiger partial charge is 0.288 e. The van der Waals surface area contributed by atoms with Crippen LogP contribution in [-0.2, 0) is 6.54 Å². The average Bonchev–Trinajstić information content (AvgIpc) is 2.41. The van der Waals surface area contributed by atoms with Crippen LogP contribution >= 0.6 is 27.7 Å². The topological polar surface area (TPSA) is 12.0 Å². The summed E-state index contributed by atoms with van der Waals surface area (Å²) < 4.78 is 37.8. The van der Waals surface area contributed by atoms with E-state index in [1.807, 2.05) is 0 Å². The van der Waals surface area contributed by atoms with Gasteiger partial charge in [0, 0.05) is 17.1 Å². The van der Waals surface area contributed by atoms with Gasteiger partial charge in [-0.1, -0.05) is 17.8 Å². The standard InChI is InChI=1S/C14H11BrF3NS/c15-12-7-9(1-6-13(12)16)8-19-10-2-4-11(5-3-10)20-14(17)18/h1-7,14,19H,8H2. The first-order valence-corrected chi connectivity index (χ1v) is 7.44. The molecule has 2 aromatic rings. The van der Waals surface area contributed by atoms with Crippen LogP contribution in [0.15, 0.2) is 51.8 Å². The molecule has 6 heteroatoms. The maximum absolute atomic E-state index is 13.1. The van der Waals surface area contributed by atoms with Crippen molar-refractivity contribution < 1.29 is 13.2 Å². The quantitative estimate of drug-likeness (QED) is 0.704. The van der Waals surface area contributed by atoms with E-state index >= 15 is 0 Å². The molecule has 0 radical (unpaired) electrons. The summed E-state index contributed by atoms with van der Waals surface area (Å²) in [6, 6.07) is 11.5. The minimum atomic E-state index is -2.41.